The number of nitrogens with zero attached hydrogens (tertiary/aromatic N) is 1. The monoisotopic (exact) mass is 476 g/mol. The summed E-state index contributed by atoms with van der Waals surface area (Å²) < 4.78 is 44.2. The van der Waals surface area contributed by atoms with Crippen LogP contribution in [0.3, 0.4) is 0 Å². The maximum atomic E-state index is 13.4. The van der Waals surface area contributed by atoms with Crippen molar-refractivity contribution < 1.29 is 27.4 Å². The molecule has 1 heterocycles. The lowest BCUT2D eigenvalue weighted by molar-refractivity contribution is -0.124. The van der Waals surface area contributed by atoms with Gasteiger partial charge in [-0.25, -0.2) is 8.42 Å². The number of methoxy groups -OCH3 is 2. The first kappa shape index (κ1) is 24.9. The summed E-state index contributed by atoms with van der Waals surface area (Å²) >= 11 is 0. The van der Waals surface area contributed by atoms with E-state index in [1.165, 1.54) is 30.7 Å². The molecule has 1 amide bonds. The molecular formula is C24H32N2O6S. The van der Waals surface area contributed by atoms with Crippen LogP contribution in [-0.2, 0) is 14.8 Å². The Balaban J connectivity index is 1.83. The predicted molar refractivity (Wildman–Crippen MR) is 125 cm³/mol. The fraction of sp³-hybridized carbons (Fsp3) is 0.458. The van der Waals surface area contributed by atoms with Crippen LogP contribution >= 0.6 is 0 Å². The maximum absolute atomic E-state index is 13.4. The number of rotatable bonds is 9. The van der Waals surface area contributed by atoms with E-state index in [2.05, 4.69) is 5.32 Å². The van der Waals surface area contributed by atoms with Gasteiger partial charge in [-0.2, -0.15) is 4.31 Å². The minimum Gasteiger partial charge on any atom is -0.494 e. The number of amides is 1. The van der Waals surface area contributed by atoms with Gasteiger partial charge < -0.3 is 19.5 Å². The normalized spacial score (nSPS) is 17.4. The van der Waals surface area contributed by atoms with Crippen LogP contribution in [0.4, 0.5) is 0 Å². The highest BCUT2D eigenvalue weighted by molar-refractivity contribution is 7.89. The van der Waals surface area contributed by atoms with Crippen LogP contribution in [0.15, 0.2) is 41.3 Å². The molecule has 1 aliphatic heterocycles. The molecule has 3 rings (SSSR count). The third-order valence-corrected chi connectivity index (χ3v) is 7.66. The van der Waals surface area contributed by atoms with Gasteiger partial charge in [0.1, 0.15) is 11.8 Å². The van der Waals surface area contributed by atoms with Crippen LogP contribution in [0.2, 0.25) is 0 Å². The number of carbonyl (C=O) groups excluding carboxylic acids is 1. The summed E-state index contributed by atoms with van der Waals surface area (Å²) in [5.41, 5.74) is 1.91. The van der Waals surface area contributed by atoms with Gasteiger partial charge in [0.15, 0.2) is 11.5 Å². The van der Waals surface area contributed by atoms with Crippen molar-refractivity contribution in [3.8, 4) is 17.2 Å². The molecule has 8 nitrogen and oxygen atoms in total. The Hall–Kier alpha value is -2.78. The Labute approximate surface area is 195 Å². The van der Waals surface area contributed by atoms with E-state index in [0.717, 1.165) is 11.1 Å². The van der Waals surface area contributed by atoms with Crippen molar-refractivity contribution in [1.82, 2.24) is 9.62 Å². The Kier molecular flexibility index (Phi) is 7.86. The zero-order chi connectivity index (χ0) is 24.2. The molecule has 180 valence electrons. The fourth-order valence-electron chi connectivity index (χ4n) is 4.08. The minimum absolute atomic E-state index is 0.0604. The second-order valence-corrected chi connectivity index (χ2v) is 9.89. The zero-order valence-electron chi connectivity index (χ0n) is 19.8. The largest absolute Gasteiger partial charge is 0.494 e. The van der Waals surface area contributed by atoms with Crippen molar-refractivity contribution >= 4 is 15.9 Å². The molecule has 0 saturated carbocycles. The standard InChI is InChI=1S/C24H32N2O6S/c1-6-32-21-11-9-16(2)14-19(21)17(3)25-24(27)20-8-7-13-26(20)33(28,29)18-10-12-22(30-4)23(15-18)31-5/h9-12,14-15,17,20H,6-8,13H2,1-5H3,(H,25,27). The lowest BCUT2D eigenvalue weighted by Gasteiger charge is -2.26. The van der Waals surface area contributed by atoms with Gasteiger partial charge >= 0.3 is 0 Å². The smallest absolute Gasteiger partial charge is 0.243 e. The van der Waals surface area contributed by atoms with E-state index >= 15 is 0 Å². The summed E-state index contributed by atoms with van der Waals surface area (Å²) in [7, 11) is -0.969. The Morgan fingerprint density at radius 3 is 2.48 bits per heavy atom. The molecule has 2 atom stereocenters. The van der Waals surface area contributed by atoms with Crippen LogP contribution in [-0.4, -0.2) is 52.0 Å². The molecule has 0 spiro atoms. The van der Waals surface area contributed by atoms with Gasteiger partial charge in [-0.1, -0.05) is 17.7 Å². The summed E-state index contributed by atoms with van der Waals surface area (Å²) in [5.74, 6) is 1.13. The lowest BCUT2D eigenvalue weighted by atomic mass is 10.0. The highest BCUT2D eigenvalue weighted by Gasteiger charge is 2.40. The second-order valence-electron chi connectivity index (χ2n) is 8.00. The van der Waals surface area contributed by atoms with Crippen molar-refractivity contribution in [3.63, 3.8) is 0 Å². The molecule has 1 N–H and O–H groups in total. The molecule has 1 aliphatic rings. The molecule has 0 aliphatic carbocycles. The lowest BCUT2D eigenvalue weighted by Crippen LogP contribution is -2.46. The minimum atomic E-state index is -3.90. The molecule has 2 unspecified atom stereocenters. The SMILES string of the molecule is CCOc1ccc(C)cc1C(C)NC(=O)C1CCCN1S(=O)(=O)c1ccc(OC)c(OC)c1. The number of nitrogens with one attached hydrogen (secondary N) is 1. The summed E-state index contributed by atoms with van der Waals surface area (Å²) in [5, 5.41) is 2.99. The number of hydrogen-bond donors (Lipinski definition) is 1. The van der Waals surface area contributed by atoms with Crippen LogP contribution in [0.1, 0.15) is 43.9 Å². The molecular weight excluding hydrogens is 444 g/mol. The number of sulfonamides is 1. The number of carbonyl (C=O) groups is 1. The van der Waals surface area contributed by atoms with Crippen LogP contribution in [0, 0.1) is 6.92 Å². The fourth-order valence-corrected chi connectivity index (χ4v) is 5.76. The van der Waals surface area contributed by atoms with Gasteiger partial charge in [-0.15, -0.1) is 0 Å². The summed E-state index contributed by atoms with van der Waals surface area (Å²) in [6.45, 7) is 6.54. The van der Waals surface area contributed by atoms with Gasteiger partial charge in [0.05, 0.1) is 31.8 Å². The van der Waals surface area contributed by atoms with Gasteiger partial charge in [0.2, 0.25) is 15.9 Å². The number of ether oxygens (including phenoxy) is 3. The molecule has 0 radical (unpaired) electrons. The molecule has 0 aromatic heterocycles. The topological polar surface area (TPSA) is 94.2 Å². The summed E-state index contributed by atoms with van der Waals surface area (Å²) in [6.07, 6.45) is 1.06. The van der Waals surface area contributed by atoms with Crippen LogP contribution in [0.5, 0.6) is 17.2 Å². The van der Waals surface area contributed by atoms with Crippen molar-refractivity contribution in [2.45, 2.75) is 50.6 Å². The number of benzene rings is 2. The van der Waals surface area contributed by atoms with E-state index in [-0.39, 0.29) is 23.4 Å². The molecule has 33 heavy (non-hydrogen) atoms. The van der Waals surface area contributed by atoms with Gasteiger partial charge in [0, 0.05) is 18.2 Å². The molecule has 2 aromatic carbocycles. The Bertz CT molecular complexity index is 1100. The maximum Gasteiger partial charge on any atom is 0.243 e. The molecule has 2 aromatic rings. The molecule has 1 saturated heterocycles. The Morgan fingerprint density at radius 1 is 1.12 bits per heavy atom. The van der Waals surface area contributed by atoms with Crippen molar-refractivity contribution in [2.75, 3.05) is 27.4 Å². The molecule has 1 fully saturated rings. The number of hydrogen-bond acceptors (Lipinski definition) is 6. The molecule has 0 bridgehead atoms. The van der Waals surface area contributed by atoms with E-state index in [1.54, 1.807) is 6.07 Å². The second kappa shape index (κ2) is 10.4. The van der Waals surface area contributed by atoms with E-state index in [4.69, 9.17) is 14.2 Å². The Morgan fingerprint density at radius 2 is 1.82 bits per heavy atom. The first-order chi connectivity index (χ1) is 15.7. The van der Waals surface area contributed by atoms with Gasteiger partial charge in [-0.3, -0.25) is 4.79 Å². The predicted octanol–water partition coefficient (Wildman–Crippen LogP) is 3.44. The summed E-state index contributed by atoms with van der Waals surface area (Å²) in [4.78, 5) is 13.3. The highest BCUT2D eigenvalue weighted by atomic mass is 32.2. The molecule has 9 heteroatoms. The van der Waals surface area contributed by atoms with E-state index in [9.17, 15) is 13.2 Å². The number of aryl methyl sites for hydroxylation is 1. The van der Waals surface area contributed by atoms with Crippen molar-refractivity contribution in [1.29, 1.82) is 0 Å². The first-order valence-corrected chi connectivity index (χ1v) is 12.4. The van der Waals surface area contributed by atoms with Gasteiger partial charge in [0.25, 0.3) is 0 Å². The first-order valence-electron chi connectivity index (χ1n) is 11.0. The third-order valence-electron chi connectivity index (χ3n) is 5.76. The van der Waals surface area contributed by atoms with Crippen molar-refractivity contribution in [2.24, 2.45) is 0 Å². The van der Waals surface area contributed by atoms with Gasteiger partial charge in [-0.05, 0) is 51.8 Å². The van der Waals surface area contributed by atoms with E-state index in [1.807, 2.05) is 39.0 Å². The summed E-state index contributed by atoms with van der Waals surface area (Å²) in [6, 6.07) is 9.13. The average Bonchev–Trinajstić information content (AvgIpc) is 3.31. The van der Waals surface area contributed by atoms with E-state index < -0.39 is 16.1 Å². The van der Waals surface area contributed by atoms with Crippen LogP contribution < -0.4 is 19.5 Å². The zero-order valence-corrected chi connectivity index (χ0v) is 20.6. The third kappa shape index (κ3) is 5.25. The van der Waals surface area contributed by atoms with Crippen molar-refractivity contribution in [3.05, 3.63) is 47.5 Å². The average molecular weight is 477 g/mol. The highest BCUT2D eigenvalue weighted by Crippen LogP contribution is 2.33. The van der Waals surface area contributed by atoms with E-state index in [0.29, 0.717) is 36.7 Å². The quantitative estimate of drug-likeness (QED) is 0.596. The van der Waals surface area contributed by atoms with Crippen LogP contribution in [0.25, 0.3) is 0 Å².